The van der Waals surface area contributed by atoms with Crippen LogP contribution in [0, 0.1) is 24.5 Å². The maximum absolute atomic E-state index is 13.3. The van der Waals surface area contributed by atoms with Gasteiger partial charge in [0, 0.05) is 24.7 Å². The standard InChI is InChI=1S/C23H22F2N4O2/c1-15-13-21(29(27-15)20-10-8-19(25)9-11-20)26-22(30)17-3-2-12-28(14-17)23(31)16-4-6-18(24)7-5-16/h4-11,13,17H,2-3,12,14H2,1H3,(H,26,30). The molecule has 1 aromatic heterocycles. The Bertz CT molecular complexity index is 1090. The summed E-state index contributed by atoms with van der Waals surface area (Å²) >= 11 is 0. The molecule has 2 heterocycles. The number of likely N-dealkylation sites (tertiary alicyclic amines) is 1. The summed E-state index contributed by atoms with van der Waals surface area (Å²) in [4.78, 5) is 27.3. The van der Waals surface area contributed by atoms with Crippen LogP contribution >= 0.6 is 0 Å². The van der Waals surface area contributed by atoms with Gasteiger partial charge < -0.3 is 10.2 Å². The van der Waals surface area contributed by atoms with Crippen LogP contribution in [-0.4, -0.2) is 39.6 Å². The van der Waals surface area contributed by atoms with E-state index < -0.39 is 5.82 Å². The van der Waals surface area contributed by atoms with E-state index in [1.807, 2.05) is 0 Å². The van der Waals surface area contributed by atoms with Crippen LogP contribution in [0.25, 0.3) is 5.69 Å². The first-order chi connectivity index (χ1) is 14.9. The van der Waals surface area contributed by atoms with E-state index in [-0.39, 0.29) is 30.1 Å². The number of piperidine rings is 1. The Morgan fingerprint density at radius 3 is 2.35 bits per heavy atom. The van der Waals surface area contributed by atoms with Gasteiger partial charge in [-0.15, -0.1) is 0 Å². The van der Waals surface area contributed by atoms with E-state index in [4.69, 9.17) is 0 Å². The molecule has 4 rings (SSSR count). The maximum atomic E-state index is 13.3. The predicted octanol–water partition coefficient (Wildman–Crippen LogP) is 3.95. The molecular weight excluding hydrogens is 402 g/mol. The first kappa shape index (κ1) is 20.7. The summed E-state index contributed by atoms with van der Waals surface area (Å²) in [5.74, 6) is -1.08. The van der Waals surface area contributed by atoms with Crippen LogP contribution < -0.4 is 5.32 Å². The second-order valence-corrected chi connectivity index (χ2v) is 7.65. The van der Waals surface area contributed by atoms with E-state index in [9.17, 15) is 18.4 Å². The first-order valence-electron chi connectivity index (χ1n) is 10.1. The van der Waals surface area contributed by atoms with Crippen molar-refractivity contribution in [2.75, 3.05) is 18.4 Å². The Hall–Kier alpha value is -3.55. The lowest BCUT2D eigenvalue weighted by Crippen LogP contribution is -2.43. The van der Waals surface area contributed by atoms with E-state index >= 15 is 0 Å². The van der Waals surface area contributed by atoms with E-state index in [1.54, 1.807) is 34.7 Å². The number of halogens is 2. The molecule has 1 saturated heterocycles. The molecule has 0 bridgehead atoms. The molecule has 8 heteroatoms. The molecule has 1 aliphatic heterocycles. The number of amides is 2. The summed E-state index contributed by atoms with van der Waals surface area (Å²) in [6.45, 7) is 2.64. The van der Waals surface area contributed by atoms with Crippen LogP contribution in [0.3, 0.4) is 0 Å². The van der Waals surface area contributed by atoms with Crippen molar-refractivity contribution in [3.8, 4) is 5.69 Å². The lowest BCUT2D eigenvalue weighted by Gasteiger charge is -2.32. The van der Waals surface area contributed by atoms with Gasteiger partial charge in [-0.3, -0.25) is 9.59 Å². The molecule has 3 aromatic rings. The largest absolute Gasteiger partial charge is 0.338 e. The smallest absolute Gasteiger partial charge is 0.253 e. The molecule has 0 aliphatic carbocycles. The summed E-state index contributed by atoms with van der Waals surface area (Å²) in [5, 5.41) is 7.28. The minimum atomic E-state index is -0.402. The highest BCUT2D eigenvalue weighted by Crippen LogP contribution is 2.23. The number of aryl methyl sites for hydroxylation is 1. The van der Waals surface area contributed by atoms with Gasteiger partial charge in [0.2, 0.25) is 5.91 Å². The van der Waals surface area contributed by atoms with Crippen molar-refractivity contribution in [3.05, 3.63) is 77.5 Å². The number of benzene rings is 2. The highest BCUT2D eigenvalue weighted by atomic mass is 19.1. The second kappa shape index (κ2) is 8.67. The zero-order valence-corrected chi connectivity index (χ0v) is 17.0. The molecule has 160 valence electrons. The summed E-state index contributed by atoms with van der Waals surface area (Å²) < 4.78 is 27.9. The first-order valence-corrected chi connectivity index (χ1v) is 10.1. The van der Waals surface area contributed by atoms with Crippen molar-refractivity contribution in [3.63, 3.8) is 0 Å². The molecule has 31 heavy (non-hydrogen) atoms. The van der Waals surface area contributed by atoms with Gasteiger partial charge in [-0.1, -0.05) is 0 Å². The molecule has 1 fully saturated rings. The van der Waals surface area contributed by atoms with E-state index in [1.165, 1.54) is 36.4 Å². The lowest BCUT2D eigenvalue weighted by molar-refractivity contribution is -0.121. The van der Waals surface area contributed by atoms with Crippen LogP contribution in [0.5, 0.6) is 0 Å². The van der Waals surface area contributed by atoms with Crippen molar-refractivity contribution in [2.24, 2.45) is 5.92 Å². The molecule has 0 spiro atoms. The second-order valence-electron chi connectivity index (χ2n) is 7.65. The number of rotatable bonds is 4. The van der Waals surface area contributed by atoms with Crippen molar-refractivity contribution >= 4 is 17.6 Å². The summed E-state index contributed by atoms with van der Waals surface area (Å²) in [5.41, 5.74) is 1.73. The molecule has 0 radical (unpaired) electrons. The molecule has 0 saturated carbocycles. The van der Waals surface area contributed by atoms with Crippen LogP contribution in [-0.2, 0) is 4.79 Å². The Balaban J connectivity index is 1.47. The van der Waals surface area contributed by atoms with Crippen LogP contribution in [0.4, 0.5) is 14.6 Å². The predicted molar refractivity (Wildman–Crippen MR) is 112 cm³/mol. The molecule has 1 unspecified atom stereocenters. The van der Waals surface area contributed by atoms with Gasteiger partial charge in [0.05, 0.1) is 17.3 Å². The molecule has 1 atom stereocenters. The Labute approximate surface area is 178 Å². The van der Waals surface area contributed by atoms with Gasteiger partial charge in [-0.05, 0) is 68.3 Å². The normalized spacial score (nSPS) is 16.2. The number of nitrogens with zero attached hydrogens (tertiary/aromatic N) is 3. The van der Waals surface area contributed by atoms with Gasteiger partial charge in [0.1, 0.15) is 17.5 Å². The summed E-state index contributed by atoms with van der Waals surface area (Å²) in [7, 11) is 0. The monoisotopic (exact) mass is 424 g/mol. The average Bonchev–Trinajstić information content (AvgIpc) is 3.14. The fourth-order valence-electron chi connectivity index (χ4n) is 3.75. The van der Waals surface area contributed by atoms with Crippen molar-refractivity contribution in [1.82, 2.24) is 14.7 Å². The highest BCUT2D eigenvalue weighted by Gasteiger charge is 2.29. The average molecular weight is 424 g/mol. The van der Waals surface area contributed by atoms with Crippen LogP contribution in [0.2, 0.25) is 0 Å². The third-order valence-electron chi connectivity index (χ3n) is 5.32. The summed E-state index contributed by atoms with van der Waals surface area (Å²) in [6.07, 6.45) is 1.35. The van der Waals surface area contributed by atoms with E-state index in [0.29, 0.717) is 42.1 Å². The number of hydrogen-bond donors (Lipinski definition) is 1. The molecule has 6 nitrogen and oxygen atoms in total. The summed E-state index contributed by atoms with van der Waals surface area (Å²) in [6, 6.07) is 13.0. The Kier molecular flexibility index (Phi) is 5.79. The number of carbonyl (C=O) groups is 2. The third kappa shape index (κ3) is 4.63. The minimum Gasteiger partial charge on any atom is -0.338 e. The fourth-order valence-corrected chi connectivity index (χ4v) is 3.75. The zero-order valence-electron chi connectivity index (χ0n) is 17.0. The number of nitrogens with one attached hydrogen (secondary N) is 1. The molecule has 1 aliphatic rings. The zero-order chi connectivity index (χ0) is 22.0. The minimum absolute atomic E-state index is 0.208. The van der Waals surface area contributed by atoms with Gasteiger partial charge in [-0.2, -0.15) is 5.10 Å². The van der Waals surface area contributed by atoms with Gasteiger partial charge in [-0.25, -0.2) is 13.5 Å². The number of carbonyl (C=O) groups excluding carboxylic acids is 2. The van der Waals surface area contributed by atoms with E-state index in [0.717, 1.165) is 0 Å². The van der Waals surface area contributed by atoms with Crippen molar-refractivity contribution in [2.45, 2.75) is 19.8 Å². The number of hydrogen-bond acceptors (Lipinski definition) is 3. The van der Waals surface area contributed by atoms with Gasteiger partial charge in [0.25, 0.3) is 5.91 Å². The topological polar surface area (TPSA) is 67.2 Å². The van der Waals surface area contributed by atoms with Crippen LogP contribution in [0.15, 0.2) is 54.6 Å². The number of anilines is 1. The maximum Gasteiger partial charge on any atom is 0.253 e. The number of aromatic nitrogens is 2. The fraction of sp³-hybridized carbons (Fsp3) is 0.261. The van der Waals surface area contributed by atoms with Crippen molar-refractivity contribution in [1.29, 1.82) is 0 Å². The van der Waals surface area contributed by atoms with Crippen LogP contribution in [0.1, 0.15) is 28.9 Å². The molecule has 2 aromatic carbocycles. The molecule has 2 amide bonds. The molecule has 1 N–H and O–H groups in total. The van der Waals surface area contributed by atoms with Gasteiger partial charge in [0.15, 0.2) is 0 Å². The molecular formula is C23H22F2N4O2. The van der Waals surface area contributed by atoms with E-state index in [2.05, 4.69) is 10.4 Å². The van der Waals surface area contributed by atoms with Crippen molar-refractivity contribution < 1.29 is 18.4 Å². The Morgan fingerprint density at radius 2 is 1.68 bits per heavy atom. The third-order valence-corrected chi connectivity index (χ3v) is 5.32. The Morgan fingerprint density at radius 1 is 1.03 bits per heavy atom. The quantitative estimate of drug-likeness (QED) is 0.690. The lowest BCUT2D eigenvalue weighted by atomic mass is 9.96. The van der Waals surface area contributed by atoms with Gasteiger partial charge >= 0.3 is 0 Å². The highest BCUT2D eigenvalue weighted by molar-refractivity contribution is 5.96. The SMILES string of the molecule is Cc1cc(NC(=O)C2CCCN(C(=O)c3ccc(F)cc3)C2)n(-c2ccc(F)cc2)n1.